The van der Waals surface area contributed by atoms with Gasteiger partial charge in [-0.25, -0.2) is 0 Å². The summed E-state index contributed by atoms with van der Waals surface area (Å²) in [4.78, 5) is 0. The standard InChI is InChI=1S/C22H24/c1-5-11-17(4)22(16(3)6-2)20-14-9-7-12-18(20)19-13-8-10-15-21(19)22/h5,7,9-12,14-15H,3-4,6,8,13H2,1-2H3/b11-5-. The van der Waals surface area contributed by atoms with Crippen molar-refractivity contribution in [2.24, 2.45) is 0 Å². The Hall–Kier alpha value is -2.08. The summed E-state index contributed by atoms with van der Waals surface area (Å²) < 4.78 is 0. The molecule has 22 heavy (non-hydrogen) atoms. The van der Waals surface area contributed by atoms with Crippen molar-refractivity contribution in [1.29, 1.82) is 0 Å². The van der Waals surface area contributed by atoms with Crippen LogP contribution in [0.2, 0.25) is 0 Å². The van der Waals surface area contributed by atoms with Crippen LogP contribution in [0.5, 0.6) is 0 Å². The van der Waals surface area contributed by atoms with Gasteiger partial charge >= 0.3 is 0 Å². The zero-order valence-electron chi connectivity index (χ0n) is 13.7. The van der Waals surface area contributed by atoms with Crippen LogP contribution < -0.4 is 0 Å². The molecule has 0 heterocycles. The fraction of sp³-hybridized carbons (Fsp3) is 0.273. The van der Waals surface area contributed by atoms with Gasteiger partial charge in [-0.3, -0.25) is 0 Å². The van der Waals surface area contributed by atoms with Gasteiger partial charge in [0.2, 0.25) is 0 Å². The highest BCUT2D eigenvalue weighted by Gasteiger charge is 2.46. The first-order valence-corrected chi connectivity index (χ1v) is 8.18. The van der Waals surface area contributed by atoms with Gasteiger partial charge in [-0.15, -0.1) is 0 Å². The van der Waals surface area contributed by atoms with Crippen LogP contribution in [0.25, 0.3) is 5.57 Å². The minimum atomic E-state index is -0.246. The average Bonchev–Trinajstić information content (AvgIpc) is 2.86. The van der Waals surface area contributed by atoms with Crippen molar-refractivity contribution in [1.82, 2.24) is 0 Å². The topological polar surface area (TPSA) is 0 Å². The molecule has 0 bridgehead atoms. The van der Waals surface area contributed by atoms with Crippen LogP contribution in [0.1, 0.15) is 44.2 Å². The summed E-state index contributed by atoms with van der Waals surface area (Å²) in [6.45, 7) is 13.2. The predicted molar refractivity (Wildman–Crippen MR) is 96.8 cm³/mol. The molecule has 2 aliphatic carbocycles. The Balaban J connectivity index is 2.37. The van der Waals surface area contributed by atoms with Gasteiger partial charge in [-0.05, 0) is 54.0 Å². The van der Waals surface area contributed by atoms with Crippen molar-refractivity contribution < 1.29 is 0 Å². The number of rotatable bonds is 4. The summed E-state index contributed by atoms with van der Waals surface area (Å²) in [5, 5.41) is 0. The van der Waals surface area contributed by atoms with Crippen LogP contribution in [-0.2, 0) is 5.41 Å². The molecule has 0 aliphatic heterocycles. The van der Waals surface area contributed by atoms with Gasteiger partial charge in [-0.2, -0.15) is 0 Å². The third-order valence-electron chi connectivity index (χ3n) is 5.04. The number of hydrogen-bond donors (Lipinski definition) is 0. The lowest BCUT2D eigenvalue weighted by molar-refractivity contribution is 0.708. The van der Waals surface area contributed by atoms with E-state index in [9.17, 15) is 0 Å². The molecule has 1 aromatic carbocycles. The summed E-state index contributed by atoms with van der Waals surface area (Å²) in [5.41, 5.74) is 7.76. The molecule has 0 spiro atoms. The lowest BCUT2D eigenvalue weighted by atomic mass is 9.65. The Morgan fingerprint density at radius 1 is 1.27 bits per heavy atom. The average molecular weight is 288 g/mol. The van der Waals surface area contributed by atoms with E-state index in [0.29, 0.717) is 0 Å². The minimum Gasteiger partial charge on any atom is -0.0983 e. The number of fused-ring (bicyclic) bond motifs is 2. The highest BCUT2D eigenvalue weighted by molar-refractivity contribution is 5.88. The smallest absolute Gasteiger partial charge is 0.0661 e. The maximum absolute atomic E-state index is 4.46. The molecule has 0 nitrogen and oxygen atoms in total. The maximum Gasteiger partial charge on any atom is 0.0661 e. The predicted octanol–water partition coefficient (Wildman–Crippen LogP) is 6.14. The number of benzene rings is 1. The van der Waals surface area contributed by atoms with Crippen LogP contribution in [-0.4, -0.2) is 0 Å². The van der Waals surface area contributed by atoms with Gasteiger partial charge in [0.15, 0.2) is 0 Å². The molecular formula is C22H24. The van der Waals surface area contributed by atoms with Gasteiger partial charge in [-0.1, -0.05) is 74.2 Å². The van der Waals surface area contributed by atoms with E-state index < -0.39 is 0 Å². The van der Waals surface area contributed by atoms with E-state index in [0.717, 1.165) is 24.8 Å². The van der Waals surface area contributed by atoms with Crippen molar-refractivity contribution in [3.05, 3.63) is 89.6 Å². The molecule has 112 valence electrons. The summed E-state index contributed by atoms with van der Waals surface area (Å²) in [7, 11) is 0. The SMILES string of the molecule is C=C(/C=C\C)C1(C(=C)CC)C2=C(CCC=C2)c2ccccc21. The van der Waals surface area contributed by atoms with Gasteiger partial charge in [0, 0.05) is 0 Å². The molecule has 2 aliphatic rings. The Labute approximate surface area is 134 Å². The second kappa shape index (κ2) is 5.61. The molecule has 0 saturated carbocycles. The van der Waals surface area contributed by atoms with Crippen LogP contribution in [0.3, 0.4) is 0 Å². The second-order valence-corrected chi connectivity index (χ2v) is 6.11. The molecule has 0 aromatic heterocycles. The first kappa shape index (κ1) is 14.8. The van der Waals surface area contributed by atoms with Gasteiger partial charge < -0.3 is 0 Å². The summed E-state index contributed by atoms with van der Waals surface area (Å²) >= 11 is 0. The van der Waals surface area contributed by atoms with Crippen LogP contribution in [0, 0.1) is 0 Å². The van der Waals surface area contributed by atoms with E-state index >= 15 is 0 Å². The van der Waals surface area contributed by atoms with Crippen LogP contribution in [0.15, 0.2) is 78.4 Å². The summed E-state index contributed by atoms with van der Waals surface area (Å²) in [5.74, 6) is 0. The normalized spacial score (nSPS) is 22.8. The van der Waals surface area contributed by atoms with Crippen LogP contribution in [0.4, 0.5) is 0 Å². The second-order valence-electron chi connectivity index (χ2n) is 6.11. The third kappa shape index (κ3) is 1.83. The van der Waals surface area contributed by atoms with Crippen molar-refractivity contribution >= 4 is 5.57 Å². The van der Waals surface area contributed by atoms with E-state index in [2.05, 4.69) is 75.6 Å². The van der Waals surface area contributed by atoms with Crippen molar-refractivity contribution in [2.45, 2.75) is 38.5 Å². The molecule has 1 aromatic rings. The Morgan fingerprint density at radius 3 is 2.77 bits per heavy atom. The van der Waals surface area contributed by atoms with Crippen molar-refractivity contribution in [3.63, 3.8) is 0 Å². The van der Waals surface area contributed by atoms with Gasteiger partial charge in [0.1, 0.15) is 0 Å². The lowest BCUT2D eigenvalue weighted by Gasteiger charge is -2.36. The Morgan fingerprint density at radius 2 is 2.05 bits per heavy atom. The third-order valence-corrected chi connectivity index (χ3v) is 5.04. The lowest BCUT2D eigenvalue weighted by Crippen LogP contribution is -2.30. The minimum absolute atomic E-state index is 0.246. The molecule has 0 radical (unpaired) electrons. The quantitative estimate of drug-likeness (QED) is 0.461. The first-order chi connectivity index (χ1) is 10.7. The van der Waals surface area contributed by atoms with Crippen molar-refractivity contribution in [3.8, 4) is 0 Å². The molecule has 1 atom stereocenters. The summed E-state index contributed by atoms with van der Waals surface area (Å²) in [6.07, 6.45) is 12.0. The van der Waals surface area contributed by atoms with Gasteiger partial charge in [0.05, 0.1) is 5.41 Å². The zero-order valence-corrected chi connectivity index (χ0v) is 13.7. The van der Waals surface area contributed by atoms with E-state index in [1.807, 2.05) is 0 Å². The monoisotopic (exact) mass is 288 g/mol. The molecule has 0 saturated heterocycles. The van der Waals surface area contributed by atoms with Crippen molar-refractivity contribution in [2.75, 3.05) is 0 Å². The van der Waals surface area contributed by atoms with Crippen LogP contribution >= 0.6 is 0 Å². The molecule has 0 heteroatoms. The zero-order chi connectivity index (χ0) is 15.7. The first-order valence-electron chi connectivity index (χ1n) is 8.18. The van der Waals surface area contributed by atoms with E-state index in [1.165, 1.54) is 27.8 Å². The number of hydrogen-bond acceptors (Lipinski definition) is 0. The molecule has 3 rings (SSSR count). The summed E-state index contributed by atoms with van der Waals surface area (Å²) in [6, 6.07) is 8.81. The van der Waals surface area contributed by atoms with E-state index in [1.54, 1.807) is 0 Å². The molecular weight excluding hydrogens is 264 g/mol. The Bertz CT molecular complexity index is 724. The molecule has 1 unspecified atom stereocenters. The largest absolute Gasteiger partial charge is 0.0983 e. The fourth-order valence-corrected chi connectivity index (χ4v) is 4.06. The van der Waals surface area contributed by atoms with Gasteiger partial charge in [0.25, 0.3) is 0 Å². The van der Waals surface area contributed by atoms with E-state index in [4.69, 9.17) is 0 Å². The highest BCUT2D eigenvalue weighted by atomic mass is 14.5. The Kier molecular flexibility index (Phi) is 3.78. The van der Waals surface area contributed by atoms with E-state index in [-0.39, 0.29) is 5.41 Å². The molecule has 0 fully saturated rings. The molecule has 0 N–H and O–H groups in total. The highest BCUT2D eigenvalue weighted by Crippen LogP contribution is 2.57. The number of allylic oxidation sites excluding steroid dienone is 8. The maximum atomic E-state index is 4.46. The molecule has 0 amide bonds. The fourth-order valence-electron chi connectivity index (χ4n) is 4.06.